The van der Waals surface area contributed by atoms with Crippen LogP contribution in [0.15, 0.2) is 18.2 Å². The van der Waals surface area contributed by atoms with Crippen molar-refractivity contribution in [1.82, 2.24) is 4.90 Å². The predicted molar refractivity (Wildman–Crippen MR) is 85.5 cm³/mol. The largest absolute Gasteiger partial charge is 0.492 e. The van der Waals surface area contributed by atoms with Crippen molar-refractivity contribution in [3.05, 3.63) is 29.3 Å². The van der Waals surface area contributed by atoms with Crippen LogP contribution >= 0.6 is 0 Å². The Bertz CT molecular complexity index is 496. The van der Waals surface area contributed by atoms with E-state index in [0.29, 0.717) is 6.42 Å². The van der Waals surface area contributed by atoms with Crippen LogP contribution in [0.2, 0.25) is 0 Å². The SMILES string of the molecule is Cc1cc(OCCN2CCCCC2)ccc1C#CCCO. The molecule has 0 spiro atoms. The molecule has 1 aromatic rings. The molecule has 114 valence electrons. The van der Waals surface area contributed by atoms with Gasteiger partial charge in [-0.2, -0.15) is 0 Å². The molecule has 1 aliphatic rings. The molecule has 0 aliphatic carbocycles. The number of piperidine rings is 1. The Morgan fingerprint density at radius 3 is 2.76 bits per heavy atom. The van der Waals surface area contributed by atoms with E-state index in [9.17, 15) is 0 Å². The van der Waals surface area contributed by atoms with Gasteiger partial charge in [-0.1, -0.05) is 18.3 Å². The van der Waals surface area contributed by atoms with Gasteiger partial charge in [0.05, 0.1) is 6.61 Å². The van der Waals surface area contributed by atoms with Crippen LogP contribution in [0.25, 0.3) is 0 Å². The molecule has 0 aromatic heterocycles. The number of hydrogen-bond donors (Lipinski definition) is 1. The highest BCUT2D eigenvalue weighted by Gasteiger charge is 2.09. The van der Waals surface area contributed by atoms with Crippen LogP contribution in [0.4, 0.5) is 0 Å². The van der Waals surface area contributed by atoms with E-state index in [4.69, 9.17) is 9.84 Å². The van der Waals surface area contributed by atoms with Crippen molar-refractivity contribution in [2.75, 3.05) is 32.8 Å². The van der Waals surface area contributed by atoms with Gasteiger partial charge < -0.3 is 9.84 Å². The second-order valence-corrected chi connectivity index (χ2v) is 5.50. The summed E-state index contributed by atoms with van der Waals surface area (Å²) in [6.07, 6.45) is 4.53. The third-order valence-corrected chi connectivity index (χ3v) is 3.78. The Kier molecular flexibility index (Phi) is 6.59. The van der Waals surface area contributed by atoms with Crippen molar-refractivity contribution in [2.45, 2.75) is 32.6 Å². The van der Waals surface area contributed by atoms with Crippen LogP contribution in [0.1, 0.15) is 36.8 Å². The molecule has 0 radical (unpaired) electrons. The minimum absolute atomic E-state index is 0.115. The van der Waals surface area contributed by atoms with Crippen LogP contribution < -0.4 is 4.74 Å². The van der Waals surface area contributed by atoms with Gasteiger partial charge in [0.25, 0.3) is 0 Å². The number of ether oxygens (including phenoxy) is 1. The zero-order chi connectivity index (χ0) is 14.9. The molecule has 1 fully saturated rings. The molecule has 1 heterocycles. The molecule has 2 rings (SSSR count). The highest BCUT2D eigenvalue weighted by atomic mass is 16.5. The minimum atomic E-state index is 0.115. The van der Waals surface area contributed by atoms with Gasteiger partial charge in [-0.05, 0) is 56.6 Å². The van der Waals surface area contributed by atoms with E-state index in [1.807, 2.05) is 25.1 Å². The molecule has 21 heavy (non-hydrogen) atoms. The van der Waals surface area contributed by atoms with Crippen LogP contribution in [0.3, 0.4) is 0 Å². The standard InChI is InChI=1S/C18H25NO2/c1-16-15-18(9-8-17(16)7-3-6-13-20)21-14-12-19-10-4-2-5-11-19/h8-9,15,20H,2,4-6,10-14H2,1H3. The molecule has 0 saturated carbocycles. The van der Waals surface area contributed by atoms with Crippen molar-refractivity contribution in [3.8, 4) is 17.6 Å². The van der Waals surface area contributed by atoms with Gasteiger partial charge in [-0.15, -0.1) is 0 Å². The summed E-state index contributed by atoms with van der Waals surface area (Å²) < 4.78 is 5.84. The average Bonchev–Trinajstić information content (AvgIpc) is 2.51. The molecule has 0 unspecified atom stereocenters. The quantitative estimate of drug-likeness (QED) is 0.845. The highest BCUT2D eigenvalue weighted by molar-refractivity contribution is 5.44. The topological polar surface area (TPSA) is 32.7 Å². The van der Waals surface area contributed by atoms with Gasteiger partial charge in [0.2, 0.25) is 0 Å². The van der Waals surface area contributed by atoms with E-state index in [2.05, 4.69) is 16.7 Å². The lowest BCUT2D eigenvalue weighted by Gasteiger charge is -2.26. The molecule has 1 aromatic carbocycles. The van der Waals surface area contributed by atoms with Crippen molar-refractivity contribution in [3.63, 3.8) is 0 Å². The number of aryl methyl sites for hydroxylation is 1. The first-order valence-corrected chi connectivity index (χ1v) is 7.85. The first kappa shape index (κ1) is 15.9. The minimum Gasteiger partial charge on any atom is -0.492 e. The van der Waals surface area contributed by atoms with Crippen LogP contribution in [-0.4, -0.2) is 42.9 Å². The lowest BCUT2D eigenvalue weighted by Crippen LogP contribution is -2.33. The first-order chi connectivity index (χ1) is 10.3. The van der Waals surface area contributed by atoms with Crippen LogP contribution in [0, 0.1) is 18.8 Å². The van der Waals surface area contributed by atoms with Gasteiger partial charge >= 0.3 is 0 Å². The van der Waals surface area contributed by atoms with Crippen molar-refractivity contribution in [2.24, 2.45) is 0 Å². The molecule has 1 aliphatic heterocycles. The van der Waals surface area contributed by atoms with Gasteiger partial charge in [0.15, 0.2) is 0 Å². The maximum Gasteiger partial charge on any atom is 0.119 e. The zero-order valence-electron chi connectivity index (χ0n) is 12.9. The Labute approximate surface area is 127 Å². The number of benzene rings is 1. The summed E-state index contributed by atoms with van der Waals surface area (Å²) >= 11 is 0. The molecular weight excluding hydrogens is 262 g/mol. The number of rotatable bonds is 5. The summed E-state index contributed by atoms with van der Waals surface area (Å²) in [5, 5.41) is 8.74. The average molecular weight is 287 g/mol. The smallest absolute Gasteiger partial charge is 0.119 e. The number of aliphatic hydroxyl groups is 1. The zero-order valence-corrected chi connectivity index (χ0v) is 12.9. The Morgan fingerprint density at radius 2 is 2.05 bits per heavy atom. The monoisotopic (exact) mass is 287 g/mol. The maximum atomic E-state index is 8.74. The normalized spacial score (nSPS) is 15.3. The molecule has 1 saturated heterocycles. The number of hydrogen-bond acceptors (Lipinski definition) is 3. The summed E-state index contributed by atoms with van der Waals surface area (Å²) in [5.41, 5.74) is 2.13. The maximum absolute atomic E-state index is 8.74. The fourth-order valence-corrected chi connectivity index (χ4v) is 2.56. The van der Waals surface area contributed by atoms with Gasteiger partial charge in [-0.3, -0.25) is 4.90 Å². The fraction of sp³-hybridized carbons (Fsp3) is 0.556. The van der Waals surface area contributed by atoms with Crippen LogP contribution in [-0.2, 0) is 0 Å². The van der Waals surface area contributed by atoms with Crippen molar-refractivity contribution in [1.29, 1.82) is 0 Å². The first-order valence-electron chi connectivity index (χ1n) is 7.85. The van der Waals surface area contributed by atoms with Crippen molar-refractivity contribution >= 4 is 0 Å². The molecule has 3 nitrogen and oxygen atoms in total. The lowest BCUT2D eigenvalue weighted by molar-refractivity contribution is 0.183. The molecule has 0 bridgehead atoms. The second kappa shape index (κ2) is 8.71. The molecular formula is C18H25NO2. The van der Waals surface area contributed by atoms with Crippen LogP contribution in [0.5, 0.6) is 5.75 Å². The van der Waals surface area contributed by atoms with E-state index in [1.165, 1.54) is 32.4 Å². The molecule has 0 atom stereocenters. The van der Waals surface area contributed by atoms with Gasteiger partial charge in [0, 0.05) is 18.5 Å². The molecule has 0 amide bonds. The predicted octanol–water partition coefficient (Wildman–Crippen LogP) is 2.59. The summed E-state index contributed by atoms with van der Waals surface area (Å²) in [4.78, 5) is 2.48. The Balaban J connectivity index is 1.81. The van der Waals surface area contributed by atoms with E-state index in [0.717, 1.165) is 30.0 Å². The van der Waals surface area contributed by atoms with Crippen molar-refractivity contribution < 1.29 is 9.84 Å². The van der Waals surface area contributed by atoms with Gasteiger partial charge in [0.1, 0.15) is 12.4 Å². The van der Waals surface area contributed by atoms with E-state index in [-0.39, 0.29) is 6.61 Å². The Hall–Kier alpha value is -1.50. The highest BCUT2D eigenvalue weighted by Crippen LogP contribution is 2.17. The fourth-order valence-electron chi connectivity index (χ4n) is 2.56. The third kappa shape index (κ3) is 5.41. The third-order valence-electron chi connectivity index (χ3n) is 3.78. The second-order valence-electron chi connectivity index (χ2n) is 5.50. The summed E-state index contributed by atoms with van der Waals surface area (Å²) in [5.74, 6) is 6.94. The van der Waals surface area contributed by atoms with E-state index >= 15 is 0 Å². The number of likely N-dealkylation sites (tertiary alicyclic amines) is 1. The van der Waals surface area contributed by atoms with E-state index < -0.39 is 0 Å². The van der Waals surface area contributed by atoms with E-state index in [1.54, 1.807) is 0 Å². The molecule has 3 heteroatoms. The summed E-state index contributed by atoms with van der Waals surface area (Å²) in [7, 11) is 0. The summed E-state index contributed by atoms with van der Waals surface area (Å²) in [6.45, 7) is 6.33. The lowest BCUT2D eigenvalue weighted by atomic mass is 10.1. The summed E-state index contributed by atoms with van der Waals surface area (Å²) in [6, 6.07) is 6.02. The molecule has 1 N–H and O–H groups in total. The number of nitrogens with zero attached hydrogens (tertiary/aromatic N) is 1. The Morgan fingerprint density at radius 1 is 1.24 bits per heavy atom. The number of aliphatic hydroxyl groups excluding tert-OH is 1. The van der Waals surface area contributed by atoms with Gasteiger partial charge in [-0.25, -0.2) is 0 Å².